The molecular formula is C8H8ClF3. The van der Waals surface area contributed by atoms with E-state index in [2.05, 4.69) is 0 Å². The summed E-state index contributed by atoms with van der Waals surface area (Å²) in [5.74, 6) is -1.41. The molecule has 0 amide bonds. The molecule has 0 aliphatic heterocycles. The highest BCUT2D eigenvalue weighted by Gasteiger charge is 2.39. The zero-order valence-electron chi connectivity index (χ0n) is 6.45. The summed E-state index contributed by atoms with van der Waals surface area (Å²) in [6.45, 7) is 1.70. The number of hydrogen-bond acceptors (Lipinski definition) is 0. The van der Waals surface area contributed by atoms with E-state index in [0.29, 0.717) is 5.03 Å². The van der Waals surface area contributed by atoms with E-state index in [9.17, 15) is 13.2 Å². The van der Waals surface area contributed by atoms with Crippen molar-refractivity contribution in [2.75, 3.05) is 0 Å². The first kappa shape index (κ1) is 9.65. The Kier molecular flexibility index (Phi) is 2.52. The minimum absolute atomic E-state index is 0.118. The molecule has 0 aromatic heterocycles. The lowest BCUT2D eigenvalue weighted by Gasteiger charge is -2.20. The van der Waals surface area contributed by atoms with Crippen molar-refractivity contribution in [3.63, 3.8) is 0 Å². The summed E-state index contributed by atoms with van der Waals surface area (Å²) in [5.41, 5.74) is 0.720. The van der Waals surface area contributed by atoms with Gasteiger partial charge in [0.25, 0.3) is 0 Å². The summed E-state index contributed by atoms with van der Waals surface area (Å²) in [6.07, 6.45) is -1.71. The van der Waals surface area contributed by atoms with E-state index in [0.717, 1.165) is 11.6 Å². The lowest BCUT2D eigenvalue weighted by atomic mass is 9.97. The van der Waals surface area contributed by atoms with Gasteiger partial charge in [0.15, 0.2) is 0 Å². The molecule has 68 valence electrons. The van der Waals surface area contributed by atoms with Gasteiger partial charge in [0.1, 0.15) is 0 Å². The molecular weight excluding hydrogens is 189 g/mol. The first-order chi connectivity index (χ1) is 5.41. The van der Waals surface area contributed by atoms with Crippen molar-refractivity contribution in [1.29, 1.82) is 0 Å². The van der Waals surface area contributed by atoms with Crippen LogP contribution in [0.25, 0.3) is 0 Å². The Hall–Kier alpha value is -0.440. The molecule has 0 aromatic carbocycles. The molecule has 12 heavy (non-hydrogen) atoms. The van der Waals surface area contributed by atoms with Crippen molar-refractivity contribution in [1.82, 2.24) is 0 Å². The van der Waals surface area contributed by atoms with Gasteiger partial charge in [-0.05, 0) is 18.9 Å². The van der Waals surface area contributed by atoms with Gasteiger partial charge >= 0.3 is 6.18 Å². The Labute approximate surface area is 73.7 Å². The largest absolute Gasteiger partial charge is 0.395 e. The molecule has 0 saturated heterocycles. The average Bonchev–Trinajstić information content (AvgIpc) is 1.92. The average molecular weight is 197 g/mol. The zero-order chi connectivity index (χ0) is 9.35. The normalized spacial score (nSPS) is 24.9. The fourth-order valence-corrected chi connectivity index (χ4v) is 1.23. The quantitative estimate of drug-likeness (QED) is 0.555. The van der Waals surface area contributed by atoms with E-state index in [4.69, 9.17) is 11.6 Å². The molecule has 0 bridgehead atoms. The van der Waals surface area contributed by atoms with Crippen molar-refractivity contribution in [3.8, 4) is 0 Å². The molecule has 0 radical (unpaired) electrons. The summed E-state index contributed by atoms with van der Waals surface area (Å²) in [6, 6.07) is 0. The molecule has 1 rings (SSSR count). The van der Waals surface area contributed by atoms with Gasteiger partial charge in [-0.15, -0.1) is 0 Å². The molecule has 0 spiro atoms. The smallest absolute Gasteiger partial charge is 0.170 e. The molecule has 0 aromatic rings. The van der Waals surface area contributed by atoms with Crippen molar-refractivity contribution >= 4 is 11.6 Å². The highest BCUT2D eigenvalue weighted by molar-refractivity contribution is 6.30. The van der Waals surface area contributed by atoms with Crippen LogP contribution in [0.3, 0.4) is 0 Å². The number of rotatable bonds is 0. The first-order valence-electron chi connectivity index (χ1n) is 3.51. The van der Waals surface area contributed by atoms with Gasteiger partial charge in [0, 0.05) is 5.03 Å². The first-order valence-corrected chi connectivity index (χ1v) is 3.89. The number of allylic oxidation sites excluding steroid dienone is 4. The standard InChI is InChI=1S/C8H8ClF3/c1-5-2-3-6(4-7(5)9)8(10,11)12/h2-3,6H,4H2,1H3. The molecule has 0 N–H and O–H groups in total. The van der Waals surface area contributed by atoms with E-state index in [-0.39, 0.29) is 6.42 Å². The predicted octanol–water partition coefficient (Wildman–Crippen LogP) is 3.64. The van der Waals surface area contributed by atoms with E-state index in [1.807, 2.05) is 0 Å². The maximum absolute atomic E-state index is 12.1. The topological polar surface area (TPSA) is 0 Å². The van der Waals surface area contributed by atoms with Crippen LogP contribution >= 0.6 is 11.6 Å². The van der Waals surface area contributed by atoms with E-state index in [1.54, 1.807) is 6.92 Å². The molecule has 4 heteroatoms. The third-order valence-corrected chi connectivity index (χ3v) is 2.28. The van der Waals surface area contributed by atoms with Gasteiger partial charge in [-0.2, -0.15) is 13.2 Å². The molecule has 1 atom stereocenters. The number of hydrogen-bond donors (Lipinski definition) is 0. The lowest BCUT2D eigenvalue weighted by Crippen LogP contribution is -2.22. The second kappa shape index (κ2) is 3.13. The van der Waals surface area contributed by atoms with Crippen molar-refractivity contribution in [2.24, 2.45) is 5.92 Å². The van der Waals surface area contributed by atoms with Crippen LogP contribution in [0.5, 0.6) is 0 Å². The van der Waals surface area contributed by atoms with Gasteiger partial charge < -0.3 is 0 Å². The lowest BCUT2D eigenvalue weighted by molar-refractivity contribution is -0.160. The Morgan fingerprint density at radius 1 is 1.50 bits per heavy atom. The van der Waals surface area contributed by atoms with Crippen LogP contribution in [0.1, 0.15) is 13.3 Å². The van der Waals surface area contributed by atoms with Crippen LogP contribution in [-0.4, -0.2) is 6.18 Å². The summed E-state index contributed by atoms with van der Waals surface area (Å²) in [7, 11) is 0. The third-order valence-electron chi connectivity index (χ3n) is 1.83. The Morgan fingerprint density at radius 3 is 2.50 bits per heavy atom. The highest BCUT2D eigenvalue weighted by atomic mass is 35.5. The van der Waals surface area contributed by atoms with Crippen molar-refractivity contribution < 1.29 is 13.2 Å². The third kappa shape index (κ3) is 2.03. The monoisotopic (exact) mass is 196 g/mol. The molecule has 1 unspecified atom stereocenters. The van der Waals surface area contributed by atoms with Gasteiger partial charge in [-0.3, -0.25) is 0 Å². The Bertz CT molecular complexity index is 237. The summed E-state index contributed by atoms with van der Waals surface area (Å²) in [4.78, 5) is 0. The van der Waals surface area contributed by atoms with Crippen LogP contribution in [0, 0.1) is 5.92 Å². The summed E-state index contributed by atoms with van der Waals surface area (Å²) >= 11 is 5.60. The van der Waals surface area contributed by atoms with Gasteiger partial charge in [0.05, 0.1) is 5.92 Å². The van der Waals surface area contributed by atoms with E-state index in [1.165, 1.54) is 6.08 Å². The van der Waals surface area contributed by atoms with Crippen LogP contribution in [0.2, 0.25) is 0 Å². The van der Waals surface area contributed by atoms with Gasteiger partial charge in [-0.25, -0.2) is 0 Å². The molecule has 0 fully saturated rings. The SMILES string of the molecule is CC1=C(Cl)CC(C(F)(F)F)C=C1. The van der Waals surface area contributed by atoms with Gasteiger partial charge in [0.2, 0.25) is 0 Å². The maximum atomic E-state index is 12.1. The van der Waals surface area contributed by atoms with E-state index < -0.39 is 12.1 Å². The Balaban J connectivity index is 2.76. The number of alkyl halides is 3. The van der Waals surface area contributed by atoms with Crippen LogP contribution < -0.4 is 0 Å². The van der Waals surface area contributed by atoms with Gasteiger partial charge in [-0.1, -0.05) is 23.8 Å². The molecule has 0 nitrogen and oxygen atoms in total. The maximum Gasteiger partial charge on any atom is 0.395 e. The Morgan fingerprint density at radius 2 is 2.08 bits per heavy atom. The fraction of sp³-hybridized carbons (Fsp3) is 0.500. The van der Waals surface area contributed by atoms with Crippen LogP contribution in [0.4, 0.5) is 13.2 Å². The molecule has 0 saturated carbocycles. The summed E-state index contributed by atoms with van der Waals surface area (Å²) < 4.78 is 36.3. The molecule has 1 aliphatic carbocycles. The minimum atomic E-state index is -4.17. The second-order valence-corrected chi connectivity index (χ2v) is 3.26. The molecule has 0 heterocycles. The highest BCUT2D eigenvalue weighted by Crippen LogP contribution is 2.37. The van der Waals surface area contributed by atoms with Crippen LogP contribution in [-0.2, 0) is 0 Å². The minimum Gasteiger partial charge on any atom is -0.170 e. The zero-order valence-corrected chi connectivity index (χ0v) is 7.21. The second-order valence-electron chi connectivity index (χ2n) is 2.80. The fourth-order valence-electron chi connectivity index (χ4n) is 0.998. The summed E-state index contributed by atoms with van der Waals surface area (Å²) in [5, 5.41) is 0.305. The predicted molar refractivity (Wildman–Crippen MR) is 41.9 cm³/mol. The van der Waals surface area contributed by atoms with Crippen molar-refractivity contribution in [2.45, 2.75) is 19.5 Å². The van der Waals surface area contributed by atoms with Crippen molar-refractivity contribution in [3.05, 3.63) is 22.8 Å². The van der Waals surface area contributed by atoms with Crippen LogP contribution in [0.15, 0.2) is 22.8 Å². The van der Waals surface area contributed by atoms with E-state index >= 15 is 0 Å². The number of halogens is 4. The molecule has 1 aliphatic rings.